The quantitative estimate of drug-likeness (QED) is 0.663. The van der Waals surface area contributed by atoms with Crippen molar-refractivity contribution in [1.29, 1.82) is 0 Å². The van der Waals surface area contributed by atoms with Crippen molar-refractivity contribution in [2.75, 3.05) is 20.3 Å². The van der Waals surface area contributed by atoms with E-state index < -0.39 is 0 Å². The fraction of sp³-hybridized carbons (Fsp3) is 0.250. The molecule has 0 spiro atoms. The van der Waals surface area contributed by atoms with Crippen LogP contribution in [0.2, 0.25) is 0 Å². The van der Waals surface area contributed by atoms with E-state index in [1.54, 1.807) is 7.11 Å². The van der Waals surface area contributed by atoms with E-state index in [9.17, 15) is 0 Å². The molecule has 2 aromatic carbocycles. The smallest absolute Gasteiger partial charge is 0.128 e. The first-order chi connectivity index (χ1) is 10.2. The summed E-state index contributed by atoms with van der Waals surface area (Å²) >= 11 is 6.99. The number of benzene rings is 2. The second-order valence-electron chi connectivity index (χ2n) is 4.48. The fourth-order valence-corrected chi connectivity index (χ4v) is 2.53. The molecular weight excluding hydrogens is 398 g/mol. The first-order valence-electron chi connectivity index (χ1n) is 6.60. The third kappa shape index (κ3) is 5.43. The summed E-state index contributed by atoms with van der Waals surface area (Å²) in [6.45, 7) is 2.34. The van der Waals surface area contributed by atoms with E-state index in [1.807, 2.05) is 36.4 Å². The summed E-state index contributed by atoms with van der Waals surface area (Å²) in [5, 5.41) is 3.32. The van der Waals surface area contributed by atoms with Gasteiger partial charge in [0.1, 0.15) is 11.5 Å². The molecule has 0 aromatic heterocycles. The second kappa shape index (κ2) is 8.54. The largest absolute Gasteiger partial charge is 0.457 e. The van der Waals surface area contributed by atoms with Gasteiger partial charge < -0.3 is 14.8 Å². The monoisotopic (exact) mass is 413 g/mol. The maximum absolute atomic E-state index is 5.82. The number of hydrogen-bond donors (Lipinski definition) is 1. The van der Waals surface area contributed by atoms with Gasteiger partial charge in [0.15, 0.2) is 0 Å². The van der Waals surface area contributed by atoms with Crippen LogP contribution in [0.1, 0.15) is 5.56 Å². The zero-order valence-electron chi connectivity index (χ0n) is 11.7. The molecule has 1 N–H and O–H groups in total. The number of halogens is 2. The lowest BCUT2D eigenvalue weighted by atomic mass is 10.2. The predicted octanol–water partition coefficient (Wildman–Crippen LogP) is 4.74. The summed E-state index contributed by atoms with van der Waals surface area (Å²) in [7, 11) is 1.70. The van der Waals surface area contributed by atoms with Gasteiger partial charge in [-0.05, 0) is 42.0 Å². The summed E-state index contributed by atoms with van der Waals surface area (Å²) in [6.07, 6.45) is 0. The van der Waals surface area contributed by atoms with Gasteiger partial charge in [-0.15, -0.1) is 0 Å². The highest BCUT2D eigenvalue weighted by atomic mass is 79.9. The molecule has 2 rings (SSSR count). The molecule has 5 heteroatoms. The molecule has 0 aliphatic heterocycles. The van der Waals surface area contributed by atoms with Gasteiger partial charge in [0.25, 0.3) is 0 Å². The lowest BCUT2D eigenvalue weighted by Gasteiger charge is -2.10. The van der Waals surface area contributed by atoms with Gasteiger partial charge in [-0.2, -0.15) is 0 Å². The summed E-state index contributed by atoms with van der Waals surface area (Å²) < 4.78 is 12.9. The molecule has 3 nitrogen and oxygen atoms in total. The summed E-state index contributed by atoms with van der Waals surface area (Å²) in [5.41, 5.74) is 1.19. The average Bonchev–Trinajstić information content (AvgIpc) is 2.48. The molecule has 0 aliphatic rings. The third-order valence-electron chi connectivity index (χ3n) is 2.87. The Hall–Kier alpha value is -0.880. The van der Waals surface area contributed by atoms with E-state index in [-0.39, 0.29) is 0 Å². The van der Waals surface area contributed by atoms with Crippen LogP contribution < -0.4 is 10.1 Å². The van der Waals surface area contributed by atoms with E-state index in [0.717, 1.165) is 33.5 Å². The molecule has 0 saturated carbocycles. The molecule has 0 aliphatic carbocycles. The van der Waals surface area contributed by atoms with E-state index in [4.69, 9.17) is 9.47 Å². The zero-order chi connectivity index (χ0) is 15.1. The Bertz CT molecular complexity index is 573. The highest BCUT2D eigenvalue weighted by Gasteiger charge is 2.03. The van der Waals surface area contributed by atoms with Gasteiger partial charge in [0, 0.05) is 29.1 Å². The molecule has 0 atom stereocenters. The molecule has 0 radical (unpaired) electrons. The Morgan fingerprint density at radius 1 is 1.00 bits per heavy atom. The molecule has 0 amide bonds. The van der Waals surface area contributed by atoms with Crippen molar-refractivity contribution in [3.63, 3.8) is 0 Å². The maximum Gasteiger partial charge on any atom is 0.128 e. The van der Waals surface area contributed by atoms with E-state index in [2.05, 4.69) is 43.2 Å². The van der Waals surface area contributed by atoms with Gasteiger partial charge in [-0.3, -0.25) is 0 Å². The molecule has 112 valence electrons. The molecule has 0 unspecified atom stereocenters. The zero-order valence-corrected chi connectivity index (χ0v) is 14.9. The normalized spacial score (nSPS) is 10.6. The Kier molecular flexibility index (Phi) is 6.70. The summed E-state index contributed by atoms with van der Waals surface area (Å²) in [5.74, 6) is 1.63. The first-order valence-corrected chi connectivity index (χ1v) is 8.19. The highest BCUT2D eigenvalue weighted by Crippen LogP contribution is 2.27. The number of hydrogen-bond acceptors (Lipinski definition) is 3. The Balaban J connectivity index is 1.96. The van der Waals surface area contributed by atoms with Crippen LogP contribution in [0.25, 0.3) is 0 Å². The Morgan fingerprint density at radius 2 is 1.71 bits per heavy atom. The standard InChI is InChI=1S/C16H17Br2NO2/c1-20-9-8-19-11-12-2-5-15(10-16(12)18)21-14-6-3-13(17)4-7-14/h2-7,10,19H,8-9,11H2,1H3. The lowest BCUT2D eigenvalue weighted by molar-refractivity contribution is 0.199. The maximum atomic E-state index is 5.82. The number of nitrogens with one attached hydrogen (secondary N) is 1. The van der Waals surface area contributed by atoms with E-state index in [1.165, 1.54) is 5.56 Å². The van der Waals surface area contributed by atoms with Crippen molar-refractivity contribution < 1.29 is 9.47 Å². The Morgan fingerprint density at radius 3 is 2.38 bits per heavy atom. The van der Waals surface area contributed by atoms with E-state index in [0.29, 0.717) is 6.61 Å². The minimum atomic E-state index is 0.711. The van der Waals surface area contributed by atoms with Gasteiger partial charge in [-0.1, -0.05) is 37.9 Å². The van der Waals surface area contributed by atoms with Crippen LogP contribution in [0.15, 0.2) is 51.4 Å². The van der Waals surface area contributed by atoms with Crippen molar-refractivity contribution in [3.05, 3.63) is 57.0 Å². The van der Waals surface area contributed by atoms with Crippen molar-refractivity contribution >= 4 is 31.9 Å². The van der Waals surface area contributed by atoms with Crippen molar-refractivity contribution in [1.82, 2.24) is 5.32 Å². The van der Waals surface area contributed by atoms with Crippen LogP contribution in [0.3, 0.4) is 0 Å². The molecular formula is C16H17Br2NO2. The fourth-order valence-electron chi connectivity index (χ4n) is 1.77. The number of rotatable bonds is 7. The SMILES string of the molecule is COCCNCc1ccc(Oc2ccc(Br)cc2)cc1Br. The summed E-state index contributed by atoms with van der Waals surface area (Å²) in [4.78, 5) is 0. The molecule has 0 fully saturated rings. The average molecular weight is 415 g/mol. The molecule has 2 aromatic rings. The van der Waals surface area contributed by atoms with Crippen LogP contribution in [0, 0.1) is 0 Å². The molecule has 21 heavy (non-hydrogen) atoms. The van der Waals surface area contributed by atoms with Crippen LogP contribution in [0.5, 0.6) is 11.5 Å². The highest BCUT2D eigenvalue weighted by molar-refractivity contribution is 9.10. The molecule has 0 bridgehead atoms. The van der Waals surface area contributed by atoms with Crippen LogP contribution in [0.4, 0.5) is 0 Å². The van der Waals surface area contributed by atoms with Gasteiger partial charge in [0.05, 0.1) is 6.61 Å². The predicted molar refractivity (Wildman–Crippen MR) is 91.9 cm³/mol. The molecule has 0 saturated heterocycles. The van der Waals surface area contributed by atoms with Crippen LogP contribution >= 0.6 is 31.9 Å². The van der Waals surface area contributed by atoms with Gasteiger partial charge in [-0.25, -0.2) is 0 Å². The van der Waals surface area contributed by atoms with Crippen molar-refractivity contribution in [2.24, 2.45) is 0 Å². The minimum absolute atomic E-state index is 0.711. The second-order valence-corrected chi connectivity index (χ2v) is 6.25. The Labute approximate surface area is 141 Å². The molecule has 0 heterocycles. The van der Waals surface area contributed by atoms with Gasteiger partial charge >= 0.3 is 0 Å². The topological polar surface area (TPSA) is 30.5 Å². The number of methoxy groups -OCH3 is 1. The van der Waals surface area contributed by atoms with E-state index >= 15 is 0 Å². The van der Waals surface area contributed by atoms with Gasteiger partial charge in [0.2, 0.25) is 0 Å². The minimum Gasteiger partial charge on any atom is -0.457 e. The van der Waals surface area contributed by atoms with Crippen molar-refractivity contribution in [2.45, 2.75) is 6.54 Å². The first kappa shape index (κ1) is 16.5. The van der Waals surface area contributed by atoms with Crippen LogP contribution in [-0.4, -0.2) is 20.3 Å². The lowest BCUT2D eigenvalue weighted by Crippen LogP contribution is -2.18. The number of ether oxygens (including phenoxy) is 2. The van der Waals surface area contributed by atoms with Crippen LogP contribution in [-0.2, 0) is 11.3 Å². The summed E-state index contributed by atoms with van der Waals surface area (Å²) in [6, 6.07) is 13.8. The third-order valence-corrected chi connectivity index (χ3v) is 4.14. The van der Waals surface area contributed by atoms with Crippen molar-refractivity contribution in [3.8, 4) is 11.5 Å².